The molecule has 1 aromatic carbocycles. The van der Waals surface area contributed by atoms with E-state index in [4.69, 9.17) is 9.84 Å². The fraction of sp³-hybridized carbons (Fsp3) is 0.286. The molecule has 5 heteroatoms. The highest BCUT2D eigenvalue weighted by Crippen LogP contribution is 2.25. The van der Waals surface area contributed by atoms with Gasteiger partial charge in [-0.2, -0.15) is 0 Å². The highest BCUT2D eigenvalue weighted by Gasteiger charge is 2.10. The first-order chi connectivity index (χ1) is 9.10. The Hall–Kier alpha value is -2.30. The van der Waals surface area contributed by atoms with Gasteiger partial charge in [-0.25, -0.2) is 4.98 Å². The molecule has 19 heavy (non-hydrogen) atoms. The van der Waals surface area contributed by atoms with Gasteiger partial charge in [0.05, 0.1) is 13.5 Å². The number of carboxylic acid groups (broad SMARTS) is 1. The SMILES string of the molecule is COc1ccc2c(NC(C)CC(=O)O)nccc2c1. The van der Waals surface area contributed by atoms with Crippen LogP contribution < -0.4 is 10.1 Å². The first-order valence-corrected chi connectivity index (χ1v) is 6.01. The maximum absolute atomic E-state index is 10.7. The summed E-state index contributed by atoms with van der Waals surface area (Å²) in [6.45, 7) is 1.82. The zero-order chi connectivity index (χ0) is 13.8. The summed E-state index contributed by atoms with van der Waals surface area (Å²) in [5.41, 5.74) is 0. The summed E-state index contributed by atoms with van der Waals surface area (Å²) in [6.07, 6.45) is 1.74. The predicted molar refractivity (Wildman–Crippen MR) is 73.6 cm³/mol. The third-order valence-electron chi connectivity index (χ3n) is 2.84. The van der Waals surface area contributed by atoms with Crippen molar-refractivity contribution in [3.63, 3.8) is 0 Å². The van der Waals surface area contributed by atoms with Gasteiger partial charge in [-0.05, 0) is 36.6 Å². The van der Waals surface area contributed by atoms with E-state index >= 15 is 0 Å². The van der Waals surface area contributed by atoms with E-state index in [1.807, 2.05) is 31.2 Å². The van der Waals surface area contributed by atoms with Crippen LogP contribution >= 0.6 is 0 Å². The van der Waals surface area contributed by atoms with Gasteiger partial charge in [0.2, 0.25) is 0 Å². The van der Waals surface area contributed by atoms with Crippen LogP contribution in [0.15, 0.2) is 30.5 Å². The van der Waals surface area contributed by atoms with E-state index in [-0.39, 0.29) is 12.5 Å². The van der Waals surface area contributed by atoms with Gasteiger partial charge in [-0.15, -0.1) is 0 Å². The Kier molecular flexibility index (Phi) is 3.85. The molecule has 2 aromatic rings. The normalized spacial score (nSPS) is 12.1. The minimum absolute atomic E-state index is 0.0498. The van der Waals surface area contributed by atoms with Gasteiger partial charge in [-0.1, -0.05) is 0 Å². The average molecular weight is 260 g/mol. The van der Waals surface area contributed by atoms with Crippen molar-refractivity contribution in [2.24, 2.45) is 0 Å². The fourth-order valence-corrected chi connectivity index (χ4v) is 1.94. The van der Waals surface area contributed by atoms with Crippen molar-refractivity contribution in [1.29, 1.82) is 0 Å². The molecule has 1 atom stereocenters. The number of carbonyl (C=O) groups is 1. The Morgan fingerprint density at radius 3 is 2.95 bits per heavy atom. The number of benzene rings is 1. The van der Waals surface area contributed by atoms with E-state index in [0.717, 1.165) is 16.5 Å². The molecule has 0 saturated heterocycles. The van der Waals surface area contributed by atoms with Crippen LogP contribution in [-0.4, -0.2) is 29.2 Å². The zero-order valence-electron chi connectivity index (χ0n) is 10.9. The van der Waals surface area contributed by atoms with E-state index in [1.54, 1.807) is 13.3 Å². The number of pyridine rings is 1. The minimum Gasteiger partial charge on any atom is -0.497 e. The first-order valence-electron chi connectivity index (χ1n) is 6.01. The lowest BCUT2D eigenvalue weighted by Crippen LogP contribution is -2.20. The van der Waals surface area contributed by atoms with Gasteiger partial charge in [0.25, 0.3) is 0 Å². The molecular formula is C14H16N2O3. The van der Waals surface area contributed by atoms with Crippen molar-refractivity contribution in [2.75, 3.05) is 12.4 Å². The lowest BCUT2D eigenvalue weighted by atomic mass is 10.1. The number of nitrogens with zero attached hydrogens (tertiary/aromatic N) is 1. The van der Waals surface area contributed by atoms with Crippen molar-refractivity contribution in [2.45, 2.75) is 19.4 Å². The molecule has 0 aliphatic rings. The minimum atomic E-state index is -0.832. The number of rotatable bonds is 5. The lowest BCUT2D eigenvalue weighted by Gasteiger charge is -2.14. The molecule has 100 valence electrons. The van der Waals surface area contributed by atoms with Gasteiger partial charge in [-0.3, -0.25) is 4.79 Å². The standard InChI is InChI=1S/C14H16N2O3/c1-9(7-13(17)18)16-14-12-4-3-11(19-2)8-10(12)5-6-15-14/h3-6,8-9H,7H2,1-2H3,(H,15,16)(H,17,18). The summed E-state index contributed by atoms with van der Waals surface area (Å²) in [5.74, 6) is 0.638. The van der Waals surface area contributed by atoms with Crippen molar-refractivity contribution >= 4 is 22.6 Å². The lowest BCUT2D eigenvalue weighted by molar-refractivity contribution is -0.137. The van der Waals surface area contributed by atoms with Crippen molar-refractivity contribution in [3.05, 3.63) is 30.5 Å². The molecule has 5 nitrogen and oxygen atoms in total. The number of ether oxygens (including phenoxy) is 1. The van der Waals surface area contributed by atoms with E-state index in [9.17, 15) is 4.79 Å². The molecule has 0 fully saturated rings. The van der Waals surface area contributed by atoms with Crippen LogP contribution in [0.4, 0.5) is 5.82 Å². The molecule has 0 aliphatic carbocycles. The second-order valence-electron chi connectivity index (χ2n) is 4.39. The van der Waals surface area contributed by atoms with Crippen LogP contribution in [0.3, 0.4) is 0 Å². The summed E-state index contributed by atoms with van der Waals surface area (Å²) in [4.78, 5) is 14.9. The average Bonchev–Trinajstić information content (AvgIpc) is 2.37. The molecule has 0 saturated carbocycles. The largest absolute Gasteiger partial charge is 0.497 e. The number of methoxy groups -OCH3 is 1. The molecule has 0 aliphatic heterocycles. The first kappa shape index (κ1) is 13.1. The topological polar surface area (TPSA) is 71.5 Å². The monoisotopic (exact) mass is 260 g/mol. The summed E-state index contributed by atoms with van der Waals surface area (Å²) < 4.78 is 5.18. The summed E-state index contributed by atoms with van der Waals surface area (Å²) >= 11 is 0. The Bertz CT molecular complexity index is 598. The summed E-state index contributed by atoms with van der Waals surface area (Å²) in [5, 5.41) is 13.8. The molecule has 1 unspecified atom stereocenters. The van der Waals surface area contributed by atoms with Gasteiger partial charge < -0.3 is 15.2 Å². The van der Waals surface area contributed by atoms with Crippen molar-refractivity contribution < 1.29 is 14.6 Å². The molecule has 0 amide bonds. The van der Waals surface area contributed by atoms with Crippen LogP contribution in [0, 0.1) is 0 Å². The highest BCUT2D eigenvalue weighted by molar-refractivity contribution is 5.92. The number of fused-ring (bicyclic) bond motifs is 1. The maximum atomic E-state index is 10.7. The van der Waals surface area contributed by atoms with Crippen molar-refractivity contribution in [3.8, 4) is 5.75 Å². The molecule has 1 aromatic heterocycles. The summed E-state index contributed by atoms with van der Waals surface area (Å²) in [7, 11) is 1.62. The fourth-order valence-electron chi connectivity index (χ4n) is 1.94. The summed E-state index contributed by atoms with van der Waals surface area (Å²) in [6, 6.07) is 7.40. The third kappa shape index (κ3) is 3.13. The molecule has 0 radical (unpaired) electrons. The van der Waals surface area contributed by atoms with Crippen molar-refractivity contribution in [1.82, 2.24) is 4.98 Å². The van der Waals surface area contributed by atoms with Crippen LogP contribution in [0.1, 0.15) is 13.3 Å². The van der Waals surface area contributed by atoms with Crippen LogP contribution in [0.25, 0.3) is 10.8 Å². The van der Waals surface area contributed by atoms with Gasteiger partial charge in [0.15, 0.2) is 0 Å². The Labute approximate surface area is 111 Å². The van der Waals surface area contributed by atoms with Gasteiger partial charge in [0, 0.05) is 17.6 Å². The Morgan fingerprint density at radius 2 is 2.26 bits per heavy atom. The highest BCUT2D eigenvalue weighted by atomic mass is 16.5. The number of nitrogens with one attached hydrogen (secondary N) is 1. The quantitative estimate of drug-likeness (QED) is 0.864. The van der Waals surface area contributed by atoms with Gasteiger partial charge >= 0.3 is 5.97 Å². The number of hydrogen-bond donors (Lipinski definition) is 2. The van der Waals surface area contributed by atoms with Crippen LogP contribution in [0.2, 0.25) is 0 Å². The molecule has 1 heterocycles. The van der Waals surface area contributed by atoms with E-state index < -0.39 is 5.97 Å². The zero-order valence-corrected chi connectivity index (χ0v) is 10.9. The smallest absolute Gasteiger partial charge is 0.305 e. The van der Waals surface area contributed by atoms with E-state index in [1.165, 1.54) is 0 Å². The van der Waals surface area contributed by atoms with Crippen LogP contribution in [0.5, 0.6) is 5.75 Å². The molecular weight excluding hydrogens is 244 g/mol. The van der Waals surface area contributed by atoms with Crippen LogP contribution in [-0.2, 0) is 4.79 Å². The molecule has 2 rings (SSSR count). The Morgan fingerprint density at radius 1 is 1.47 bits per heavy atom. The molecule has 2 N–H and O–H groups in total. The third-order valence-corrected chi connectivity index (χ3v) is 2.84. The second kappa shape index (κ2) is 5.56. The number of aromatic nitrogens is 1. The maximum Gasteiger partial charge on any atom is 0.305 e. The predicted octanol–water partition coefficient (Wildman–Crippen LogP) is 2.52. The number of aliphatic carboxylic acids is 1. The molecule has 0 bridgehead atoms. The van der Waals surface area contributed by atoms with Gasteiger partial charge in [0.1, 0.15) is 11.6 Å². The second-order valence-corrected chi connectivity index (χ2v) is 4.39. The number of anilines is 1. The van der Waals surface area contributed by atoms with E-state index in [2.05, 4.69) is 10.3 Å². The molecule has 0 spiro atoms. The number of hydrogen-bond acceptors (Lipinski definition) is 4. The van der Waals surface area contributed by atoms with E-state index in [0.29, 0.717) is 5.82 Å². The Balaban J connectivity index is 2.30. The number of carboxylic acids is 1.